The van der Waals surface area contributed by atoms with E-state index in [-0.39, 0.29) is 10.6 Å². The Morgan fingerprint density at radius 1 is 1.03 bits per heavy atom. The maximum Gasteiger partial charge on any atom is 0.263 e. The Bertz CT molecular complexity index is 1560. The molecule has 0 radical (unpaired) electrons. The van der Waals surface area contributed by atoms with Crippen LogP contribution in [0.4, 0.5) is 16.0 Å². The monoisotopic (exact) mass is 535 g/mol. The molecule has 1 aliphatic rings. The molecule has 1 aliphatic carbocycles. The average molecular weight is 536 g/mol. The molecule has 0 atom stereocenters. The van der Waals surface area contributed by atoms with Crippen LogP contribution in [-0.2, 0) is 10.0 Å². The van der Waals surface area contributed by atoms with Gasteiger partial charge in [-0.05, 0) is 82.6 Å². The topological polar surface area (TPSA) is 113 Å². The first-order valence-electron chi connectivity index (χ1n) is 12.5. The molecule has 9 nitrogen and oxygen atoms in total. The molecule has 1 saturated carbocycles. The Labute approximate surface area is 221 Å². The van der Waals surface area contributed by atoms with E-state index in [2.05, 4.69) is 44.0 Å². The SMILES string of the molecule is Cc1cc(-c2ccc(NS(=O)(=O)c3cccnc3)c(F)c2)nc2cnc(N[C@H]3CC[C@H](N(C)C)CC3)nc12. The molecule has 0 unspecified atom stereocenters. The predicted octanol–water partition coefficient (Wildman–Crippen LogP) is 4.62. The number of hydrogen-bond donors (Lipinski definition) is 2. The van der Waals surface area contributed by atoms with Gasteiger partial charge in [0, 0.05) is 30.0 Å². The van der Waals surface area contributed by atoms with Crippen LogP contribution in [0.5, 0.6) is 0 Å². The maximum atomic E-state index is 14.9. The summed E-state index contributed by atoms with van der Waals surface area (Å²) in [5, 5.41) is 3.47. The summed E-state index contributed by atoms with van der Waals surface area (Å²) in [6.45, 7) is 1.93. The first-order valence-corrected chi connectivity index (χ1v) is 14.0. The summed E-state index contributed by atoms with van der Waals surface area (Å²) in [4.78, 5) is 19.9. The minimum absolute atomic E-state index is 0.0506. The zero-order chi connectivity index (χ0) is 26.9. The number of hydrogen-bond acceptors (Lipinski definition) is 8. The Balaban J connectivity index is 1.34. The van der Waals surface area contributed by atoms with Gasteiger partial charge in [0.2, 0.25) is 5.95 Å². The number of aryl methyl sites for hydroxylation is 1. The average Bonchev–Trinajstić information content (AvgIpc) is 2.91. The molecule has 0 bridgehead atoms. The minimum atomic E-state index is -3.96. The molecular formula is C27H30FN7O2S. The second-order valence-corrected chi connectivity index (χ2v) is 11.5. The number of nitrogens with one attached hydrogen (secondary N) is 2. The highest BCUT2D eigenvalue weighted by atomic mass is 32.2. The molecular weight excluding hydrogens is 505 g/mol. The van der Waals surface area contributed by atoms with Gasteiger partial charge in [0.05, 0.1) is 23.1 Å². The van der Waals surface area contributed by atoms with Crippen LogP contribution in [0.1, 0.15) is 31.2 Å². The third-order valence-electron chi connectivity index (χ3n) is 6.95. The Morgan fingerprint density at radius 2 is 1.82 bits per heavy atom. The number of fused-ring (bicyclic) bond motifs is 1. The van der Waals surface area contributed by atoms with E-state index >= 15 is 0 Å². The molecule has 3 aromatic heterocycles. The Kier molecular flexibility index (Phi) is 7.22. The van der Waals surface area contributed by atoms with Crippen molar-refractivity contribution in [2.24, 2.45) is 0 Å². The van der Waals surface area contributed by atoms with Crippen LogP contribution in [-0.4, -0.2) is 59.4 Å². The molecule has 1 fully saturated rings. The molecule has 198 valence electrons. The van der Waals surface area contributed by atoms with E-state index in [9.17, 15) is 12.8 Å². The van der Waals surface area contributed by atoms with Crippen molar-refractivity contribution in [2.75, 3.05) is 24.1 Å². The molecule has 3 heterocycles. The van der Waals surface area contributed by atoms with Crippen LogP contribution in [0, 0.1) is 12.7 Å². The Morgan fingerprint density at radius 3 is 2.50 bits per heavy atom. The van der Waals surface area contributed by atoms with Crippen molar-refractivity contribution in [2.45, 2.75) is 49.6 Å². The van der Waals surface area contributed by atoms with Crippen LogP contribution >= 0.6 is 0 Å². The number of benzene rings is 1. The summed E-state index contributed by atoms with van der Waals surface area (Å²) in [6, 6.07) is 9.96. The normalized spacial score (nSPS) is 18.0. The predicted molar refractivity (Wildman–Crippen MR) is 146 cm³/mol. The van der Waals surface area contributed by atoms with Gasteiger partial charge in [-0.3, -0.25) is 9.71 Å². The van der Waals surface area contributed by atoms with Crippen LogP contribution in [0.15, 0.2) is 59.9 Å². The van der Waals surface area contributed by atoms with E-state index < -0.39 is 15.8 Å². The van der Waals surface area contributed by atoms with Gasteiger partial charge in [-0.25, -0.2) is 27.8 Å². The molecule has 1 aromatic carbocycles. The molecule has 0 spiro atoms. The lowest BCUT2D eigenvalue weighted by molar-refractivity contribution is 0.221. The number of rotatable bonds is 7. The van der Waals surface area contributed by atoms with Crippen LogP contribution in [0.25, 0.3) is 22.3 Å². The standard InChI is InChI=1S/C27H30FN7O2S/c1-17-13-24(18-6-11-23(22(28)14-18)34-38(36,37)21-5-4-12-29-15-21)32-25-16-30-27(33-26(17)25)31-19-7-9-20(10-8-19)35(2)3/h4-6,11-16,19-20,34H,7-10H2,1-3H3,(H,30,31,33)/t19-,20-. The Hall–Kier alpha value is -3.70. The quantitative estimate of drug-likeness (QED) is 0.353. The fourth-order valence-electron chi connectivity index (χ4n) is 4.79. The largest absolute Gasteiger partial charge is 0.351 e. The highest BCUT2D eigenvalue weighted by molar-refractivity contribution is 7.92. The fraction of sp³-hybridized carbons (Fsp3) is 0.333. The summed E-state index contributed by atoms with van der Waals surface area (Å²) in [5.74, 6) is -0.131. The maximum absolute atomic E-state index is 14.9. The third-order valence-corrected chi connectivity index (χ3v) is 8.30. The van der Waals surface area contributed by atoms with Crippen molar-refractivity contribution in [3.05, 3.63) is 66.4 Å². The first-order chi connectivity index (χ1) is 18.2. The fourth-order valence-corrected chi connectivity index (χ4v) is 5.82. The zero-order valence-corrected chi connectivity index (χ0v) is 22.3. The van der Waals surface area contributed by atoms with Gasteiger partial charge in [0.15, 0.2) is 0 Å². The molecule has 0 aliphatic heterocycles. The molecule has 2 N–H and O–H groups in total. The lowest BCUT2D eigenvalue weighted by atomic mass is 9.91. The van der Waals surface area contributed by atoms with Gasteiger partial charge in [0.25, 0.3) is 10.0 Å². The van der Waals surface area contributed by atoms with Gasteiger partial charge < -0.3 is 10.2 Å². The molecule has 0 amide bonds. The third kappa shape index (κ3) is 5.58. The molecule has 0 saturated heterocycles. The van der Waals surface area contributed by atoms with Crippen molar-refractivity contribution in [1.29, 1.82) is 0 Å². The second-order valence-electron chi connectivity index (χ2n) is 9.85. The molecule has 11 heteroatoms. The summed E-state index contributed by atoms with van der Waals surface area (Å²) in [7, 11) is 0.293. The van der Waals surface area contributed by atoms with E-state index in [1.165, 1.54) is 36.7 Å². The second kappa shape index (κ2) is 10.6. The van der Waals surface area contributed by atoms with Gasteiger partial charge >= 0.3 is 0 Å². The molecule has 5 rings (SSSR count). The minimum Gasteiger partial charge on any atom is -0.351 e. The van der Waals surface area contributed by atoms with Gasteiger partial charge in [-0.1, -0.05) is 6.07 Å². The highest BCUT2D eigenvalue weighted by Gasteiger charge is 2.23. The van der Waals surface area contributed by atoms with Crippen LogP contribution in [0.3, 0.4) is 0 Å². The van der Waals surface area contributed by atoms with Crippen LogP contribution in [0.2, 0.25) is 0 Å². The number of halogens is 1. The summed E-state index contributed by atoms with van der Waals surface area (Å²) < 4.78 is 42.3. The van der Waals surface area contributed by atoms with Gasteiger partial charge in [0.1, 0.15) is 16.2 Å². The van der Waals surface area contributed by atoms with Gasteiger partial charge in [-0.2, -0.15) is 0 Å². The van der Waals surface area contributed by atoms with Crippen molar-refractivity contribution < 1.29 is 12.8 Å². The highest BCUT2D eigenvalue weighted by Crippen LogP contribution is 2.29. The zero-order valence-electron chi connectivity index (χ0n) is 21.5. The summed E-state index contributed by atoms with van der Waals surface area (Å²) >= 11 is 0. The number of sulfonamides is 1. The number of aromatic nitrogens is 4. The van der Waals surface area contributed by atoms with Crippen LogP contribution < -0.4 is 10.0 Å². The summed E-state index contributed by atoms with van der Waals surface area (Å²) in [5.41, 5.74) is 3.11. The number of anilines is 2. The summed E-state index contributed by atoms with van der Waals surface area (Å²) in [6.07, 6.45) is 8.77. The van der Waals surface area contributed by atoms with Crippen molar-refractivity contribution in [3.8, 4) is 11.3 Å². The number of pyridine rings is 2. The van der Waals surface area contributed by atoms with E-state index in [0.29, 0.717) is 34.8 Å². The molecule has 38 heavy (non-hydrogen) atoms. The first kappa shape index (κ1) is 25.9. The molecule has 4 aromatic rings. The lowest BCUT2D eigenvalue weighted by Crippen LogP contribution is -2.36. The van der Waals surface area contributed by atoms with E-state index in [4.69, 9.17) is 4.98 Å². The lowest BCUT2D eigenvalue weighted by Gasteiger charge is -2.32. The van der Waals surface area contributed by atoms with Crippen molar-refractivity contribution in [1.82, 2.24) is 24.8 Å². The van der Waals surface area contributed by atoms with E-state index in [1.54, 1.807) is 12.3 Å². The smallest absolute Gasteiger partial charge is 0.263 e. The van der Waals surface area contributed by atoms with E-state index in [1.807, 2.05) is 13.0 Å². The van der Waals surface area contributed by atoms with Crippen molar-refractivity contribution in [3.63, 3.8) is 0 Å². The van der Waals surface area contributed by atoms with E-state index in [0.717, 1.165) is 36.8 Å². The van der Waals surface area contributed by atoms with Gasteiger partial charge in [-0.15, -0.1) is 0 Å². The van der Waals surface area contributed by atoms with Crippen molar-refractivity contribution >= 4 is 32.7 Å². The number of nitrogens with zero attached hydrogens (tertiary/aromatic N) is 5.